The van der Waals surface area contributed by atoms with Gasteiger partial charge < -0.3 is 35.4 Å². The minimum atomic E-state index is -4.35. The smallest absolute Gasteiger partial charge is 0.348 e. The largest absolute Gasteiger partial charge is 0.479 e. The average Bonchev–Trinajstić information content (AvgIpc) is 2.83. The molecule has 13 heteroatoms. The van der Waals surface area contributed by atoms with Crippen LogP contribution < -0.4 is 0 Å². The number of carbonyl (C=O) groups is 6. The summed E-state index contributed by atoms with van der Waals surface area (Å²) in [4.78, 5) is 74.3. The minimum absolute atomic E-state index is 0.613. The van der Waals surface area contributed by atoms with Gasteiger partial charge >= 0.3 is 23.9 Å². The first-order valence-corrected chi connectivity index (χ1v) is 9.52. The zero-order chi connectivity index (χ0) is 26.6. The molecule has 0 aromatic heterocycles. The zero-order valence-electron chi connectivity index (χ0n) is 17.5. The number of aliphatic carboxylic acids is 4. The van der Waals surface area contributed by atoms with Crippen molar-refractivity contribution in [2.45, 2.75) is 23.4 Å². The monoisotopic (exact) mass is 490 g/mol. The van der Waals surface area contributed by atoms with Crippen molar-refractivity contribution >= 4 is 35.4 Å². The number of aliphatic hydroxyl groups excluding tert-OH is 1. The number of carboxylic acid groups (broad SMARTS) is 4. The van der Waals surface area contributed by atoms with Gasteiger partial charge in [0.25, 0.3) is 11.2 Å². The molecule has 4 unspecified atom stereocenters. The number of rotatable bonds is 12. The molecule has 35 heavy (non-hydrogen) atoms. The van der Waals surface area contributed by atoms with E-state index in [0.29, 0.717) is 0 Å². The molecule has 184 valence electrons. The van der Waals surface area contributed by atoms with Crippen molar-refractivity contribution in [3.05, 3.63) is 71.8 Å². The van der Waals surface area contributed by atoms with Crippen molar-refractivity contribution in [1.82, 2.24) is 0 Å². The van der Waals surface area contributed by atoms with Gasteiger partial charge in [-0.3, -0.25) is 9.59 Å². The Labute approximate surface area is 195 Å². The van der Waals surface area contributed by atoms with Crippen LogP contribution in [0.15, 0.2) is 60.7 Å². The Balaban J connectivity index is 2.96. The number of hydrogen-bond acceptors (Lipinski definition) is 9. The molecular weight excluding hydrogens is 472 g/mol. The lowest BCUT2D eigenvalue weighted by molar-refractivity contribution is -0.218. The molecule has 2 aromatic rings. The summed E-state index contributed by atoms with van der Waals surface area (Å²) in [6.07, 6.45) is -6.16. The first kappa shape index (κ1) is 26.8. The summed E-state index contributed by atoms with van der Waals surface area (Å²) in [7, 11) is 0. The topological polar surface area (TPSA) is 233 Å². The number of carboxylic acids is 4. The predicted octanol–water partition coefficient (Wildman–Crippen LogP) is -0.693. The maximum Gasteiger partial charge on any atom is 0.348 e. The van der Waals surface area contributed by atoms with Crippen molar-refractivity contribution in [2.24, 2.45) is 0 Å². The van der Waals surface area contributed by atoms with E-state index in [1.54, 1.807) is 0 Å². The van der Waals surface area contributed by atoms with E-state index in [4.69, 9.17) is 9.84 Å². The molecule has 0 heterocycles. The lowest BCUT2D eigenvalue weighted by atomic mass is 9.72. The molecule has 13 nitrogen and oxygen atoms in total. The van der Waals surface area contributed by atoms with Crippen molar-refractivity contribution in [3.63, 3.8) is 0 Å². The first-order valence-electron chi connectivity index (χ1n) is 9.52. The molecule has 0 saturated carbocycles. The van der Waals surface area contributed by atoms with Gasteiger partial charge in [0.2, 0.25) is 11.6 Å². The highest BCUT2D eigenvalue weighted by molar-refractivity contribution is 6.28. The van der Waals surface area contributed by atoms with Crippen LogP contribution in [0.2, 0.25) is 0 Å². The highest BCUT2D eigenvalue weighted by atomic mass is 16.6. The number of ketones is 2. The number of carbonyl (C=O) groups excluding carboxylic acids is 2. The van der Waals surface area contributed by atoms with E-state index in [1.165, 1.54) is 36.4 Å². The molecule has 0 bridgehead atoms. The molecule has 0 fully saturated rings. The molecule has 2 rings (SSSR count). The van der Waals surface area contributed by atoms with Crippen molar-refractivity contribution < 1.29 is 64.1 Å². The molecular formula is C22H18O13. The van der Waals surface area contributed by atoms with Crippen LogP contribution in [0.3, 0.4) is 0 Å². The van der Waals surface area contributed by atoms with Gasteiger partial charge in [-0.25, -0.2) is 19.2 Å². The van der Waals surface area contributed by atoms with E-state index in [1.807, 2.05) is 0 Å². The number of ether oxygens (including phenoxy) is 1. The van der Waals surface area contributed by atoms with Crippen molar-refractivity contribution in [3.8, 4) is 0 Å². The summed E-state index contributed by atoms with van der Waals surface area (Å²) >= 11 is 0. The van der Waals surface area contributed by atoms with E-state index in [2.05, 4.69) is 0 Å². The van der Waals surface area contributed by atoms with E-state index in [9.17, 15) is 54.3 Å². The highest BCUT2D eigenvalue weighted by Gasteiger charge is 2.73. The summed E-state index contributed by atoms with van der Waals surface area (Å²) < 4.78 is 4.74. The van der Waals surface area contributed by atoms with Gasteiger partial charge in [-0.2, -0.15) is 0 Å². The lowest BCUT2D eigenvalue weighted by Gasteiger charge is -2.40. The number of Topliss-reactive ketones (excluding diaryl/α,β-unsaturated/α-hetero) is 2. The van der Waals surface area contributed by atoms with E-state index < -0.39 is 70.0 Å². The first-order chi connectivity index (χ1) is 16.3. The van der Waals surface area contributed by atoms with Gasteiger partial charge in [0.1, 0.15) is 0 Å². The zero-order valence-corrected chi connectivity index (χ0v) is 17.5. The quantitative estimate of drug-likeness (QED) is 0.160. The van der Waals surface area contributed by atoms with E-state index in [-0.39, 0.29) is 0 Å². The molecule has 6 N–H and O–H groups in total. The van der Waals surface area contributed by atoms with Crippen molar-refractivity contribution in [2.75, 3.05) is 0 Å². The second-order valence-corrected chi connectivity index (χ2v) is 7.05. The Morgan fingerprint density at radius 1 is 0.657 bits per heavy atom. The molecule has 0 saturated heterocycles. The summed E-state index contributed by atoms with van der Waals surface area (Å²) in [5, 5.41) is 59.3. The molecule has 4 atom stereocenters. The molecule has 0 radical (unpaired) electrons. The fraction of sp³-hybridized carbons (Fsp3) is 0.182. The van der Waals surface area contributed by atoms with Gasteiger partial charge in [-0.1, -0.05) is 60.7 Å². The molecule has 0 aliphatic carbocycles. The number of aliphatic hydroxyl groups is 2. The number of hydrogen-bond donors (Lipinski definition) is 6. The molecule has 0 amide bonds. The van der Waals surface area contributed by atoms with Gasteiger partial charge in [-0.05, 0) is 0 Å². The van der Waals surface area contributed by atoms with Gasteiger partial charge in [0.15, 0.2) is 12.2 Å². The van der Waals surface area contributed by atoms with Crippen LogP contribution in [0.1, 0.15) is 20.7 Å². The minimum Gasteiger partial charge on any atom is -0.479 e. The van der Waals surface area contributed by atoms with Gasteiger partial charge in [0.05, 0.1) is 0 Å². The summed E-state index contributed by atoms with van der Waals surface area (Å²) in [6, 6.07) is 11.4. The predicted molar refractivity (Wildman–Crippen MR) is 111 cm³/mol. The molecule has 0 aliphatic heterocycles. The Morgan fingerprint density at radius 3 is 1.43 bits per heavy atom. The van der Waals surface area contributed by atoms with Crippen LogP contribution in [-0.4, -0.2) is 89.5 Å². The molecule has 0 aliphatic rings. The molecule has 0 spiro atoms. The van der Waals surface area contributed by atoms with Crippen LogP contribution in [0.4, 0.5) is 0 Å². The standard InChI is InChI=1S/C22H18O13/c23-13(17(26)27)14(18(28)29)35-22(20(32)33,16(25)12-9-5-2-6-10-12)21(34,19(30)31)15(24)11-7-3-1-4-8-11/h1-10,13-14,23,34H,(H,26,27)(H,28,29)(H,30,31)(H,32,33). The summed E-state index contributed by atoms with van der Waals surface area (Å²) in [6.45, 7) is 0. The third-order valence-electron chi connectivity index (χ3n) is 4.93. The summed E-state index contributed by atoms with van der Waals surface area (Å²) in [5.74, 6) is -13.7. The van der Waals surface area contributed by atoms with Crippen LogP contribution in [0.5, 0.6) is 0 Å². The fourth-order valence-corrected chi connectivity index (χ4v) is 3.17. The summed E-state index contributed by atoms with van der Waals surface area (Å²) in [5.41, 5.74) is -9.89. The second-order valence-electron chi connectivity index (χ2n) is 7.05. The third-order valence-corrected chi connectivity index (χ3v) is 4.93. The second kappa shape index (κ2) is 10.2. The maximum absolute atomic E-state index is 13.4. The Morgan fingerprint density at radius 2 is 1.09 bits per heavy atom. The van der Waals surface area contributed by atoms with Crippen LogP contribution in [0, 0.1) is 0 Å². The Bertz CT molecular complexity index is 1160. The van der Waals surface area contributed by atoms with Gasteiger partial charge in [0, 0.05) is 11.1 Å². The van der Waals surface area contributed by atoms with Crippen molar-refractivity contribution in [1.29, 1.82) is 0 Å². The Hall–Kier alpha value is -4.46. The number of benzene rings is 2. The van der Waals surface area contributed by atoms with Crippen LogP contribution >= 0.6 is 0 Å². The SMILES string of the molecule is O=C(O)C(O)C(OC(C(=O)O)(C(=O)c1ccccc1)C(O)(C(=O)O)C(=O)c1ccccc1)C(=O)O. The Kier molecular flexibility index (Phi) is 7.82. The third kappa shape index (κ3) is 4.63. The van der Waals surface area contributed by atoms with Gasteiger partial charge in [-0.15, -0.1) is 0 Å². The molecule has 2 aromatic carbocycles. The van der Waals surface area contributed by atoms with Crippen LogP contribution in [-0.2, 0) is 23.9 Å². The highest BCUT2D eigenvalue weighted by Crippen LogP contribution is 2.36. The van der Waals surface area contributed by atoms with E-state index in [0.717, 1.165) is 24.3 Å². The lowest BCUT2D eigenvalue weighted by Crippen LogP contribution is -2.74. The maximum atomic E-state index is 13.4. The average molecular weight is 490 g/mol. The van der Waals surface area contributed by atoms with Crippen LogP contribution in [0.25, 0.3) is 0 Å². The fourth-order valence-electron chi connectivity index (χ4n) is 3.17. The normalized spacial score (nSPS) is 16.1. The van der Waals surface area contributed by atoms with E-state index >= 15 is 0 Å².